The molecule has 0 aromatic heterocycles. The molecule has 1 aliphatic rings. The average molecular weight is 179 g/mol. The fourth-order valence-electron chi connectivity index (χ4n) is 1.62. The minimum Gasteiger partial charge on any atom is -0.380 e. The van der Waals surface area contributed by atoms with Crippen LogP contribution in [0.3, 0.4) is 0 Å². The van der Waals surface area contributed by atoms with Gasteiger partial charge in [0.25, 0.3) is 0 Å². The van der Waals surface area contributed by atoms with Crippen molar-refractivity contribution in [3.8, 4) is 0 Å². The number of rotatable bonds is 1. The van der Waals surface area contributed by atoms with Gasteiger partial charge in [0.15, 0.2) is 0 Å². The quantitative estimate of drug-likeness (QED) is 0.643. The molecule has 0 spiro atoms. The fraction of sp³-hybridized carbons (Fsp3) is 0.364. The maximum atomic E-state index is 13.3. The molecule has 1 radical (unpaired) electrons. The van der Waals surface area contributed by atoms with Crippen molar-refractivity contribution in [3.63, 3.8) is 0 Å². The zero-order chi connectivity index (χ0) is 9.10. The van der Waals surface area contributed by atoms with Crippen LogP contribution in [-0.2, 0) is 4.74 Å². The third-order valence-electron chi connectivity index (χ3n) is 2.30. The summed E-state index contributed by atoms with van der Waals surface area (Å²) >= 11 is 0. The highest BCUT2D eigenvalue weighted by molar-refractivity contribution is 5.32. The first-order valence-electron chi connectivity index (χ1n) is 4.55. The number of halogens is 1. The Labute approximate surface area is 77.5 Å². The second-order valence-electron chi connectivity index (χ2n) is 3.24. The van der Waals surface area contributed by atoms with Crippen LogP contribution in [0, 0.1) is 11.7 Å². The predicted octanol–water partition coefficient (Wildman–Crippen LogP) is 2.56. The zero-order valence-corrected chi connectivity index (χ0v) is 7.42. The first-order valence-corrected chi connectivity index (χ1v) is 4.55. The number of benzene rings is 1. The predicted molar refractivity (Wildman–Crippen MR) is 48.8 cm³/mol. The van der Waals surface area contributed by atoms with Crippen molar-refractivity contribution in [2.45, 2.75) is 12.8 Å². The maximum absolute atomic E-state index is 13.3. The van der Waals surface area contributed by atoms with Crippen LogP contribution < -0.4 is 0 Å². The Morgan fingerprint density at radius 1 is 1.23 bits per heavy atom. The monoisotopic (exact) mass is 179 g/mol. The molecule has 0 saturated carbocycles. The highest BCUT2D eigenvalue weighted by Crippen LogP contribution is 2.25. The molecule has 1 aromatic rings. The van der Waals surface area contributed by atoms with Crippen molar-refractivity contribution in [2.75, 3.05) is 13.2 Å². The van der Waals surface area contributed by atoms with E-state index in [0.717, 1.165) is 30.9 Å². The molecule has 2 rings (SSSR count). The van der Waals surface area contributed by atoms with Gasteiger partial charge in [-0.15, -0.1) is 0 Å². The van der Waals surface area contributed by atoms with Gasteiger partial charge in [0.1, 0.15) is 5.82 Å². The van der Waals surface area contributed by atoms with E-state index in [1.54, 1.807) is 6.07 Å². The molecule has 13 heavy (non-hydrogen) atoms. The second kappa shape index (κ2) is 3.88. The molecule has 0 N–H and O–H groups in total. The van der Waals surface area contributed by atoms with Gasteiger partial charge in [-0.1, -0.05) is 18.2 Å². The van der Waals surface area contributed by atoms with E-state index in [-0.39, 0.29) is 5.82 Å². The molecule has 0 atom stereocenters. The molecule has 0 aliphatic carbocycles. The molecule has 1 fully saturated rings. The summed E-state index contributed by atoms with van der Waals surface area (Å²) in [7, 11) is 0. The van der Waals surface area contributed by atoms with E-state index in [1.165, 1.54) is 6.07 Å². The largest absolute Gasteiger partial charge is 0.380 e. The van der Waals surface area contributed by atoms with Crippen LogP contribution in [-0.4, -0.2) is 13.2 Å². The van der Waals surface area contributed by atoms with Gasteiger partial charge >= 0.3 is 0 Å². The van der Waals surface area contributed by atoms with Crippen molar-refractivity contribution in [1.29, 1.82) is 0 Å². The standard InChI is InChI=1S/C11H12FO/c12-11-6-2-1-5-10(11)9-4-3-7-13-8-9/h1-2,5-6H,3-4,7-8H2. The Kier molecular flexibility index (Phi) is 2.60. The first-order chi connectivity index (χ1) is 6.38. The van der Waals surface area contributed by atoms with Gasteiger partial charge in [-0.25, -0.2) is 4.39 Å². The lowest BCUT2D eigenvalue weighted by Crippen LogP contribution is -2.17. The molecule has 1 heterocycles. The van der Waals surface area contributed by atoms with Crippen LogP contribution in [0.4, 0.5) is 4.39 Å². The molecule has 1 aromatic carbocycles. The van der Waals surface area contributed by atoms with Gasteiger partial charge in [-0.2, -0.15) is 0 Å². The van der Waals surface area contributed by atoms with Gasteiger partial charge in [0.05, 0.1) is 6.61 Å². The third kappa shape index (κ3) is 1.89. The average Bonchev–Trinajstić information content (AvgIpc) is 2.20. The molecule has 1 saturated heterocycles. The minimum absolute atomic E-state index is 0.136. The minimum atomic E-state index is -0.136. The maximum Gasteiger partial charge on any atom is 0.127 e. The molecule has 0 bridgehead atoms. The van der Waals surface area contributed by atoms with Crippen molar-refractivity contribution >= 4 is 0 Å². The molecule has 1 nitrogen and oxygen atoms in total. The Bertz CT molecular complexity index is 279. The number of ether oxygens (including phenoxy) is 1. The number of hydrogen-bond donors (Lipinski definition) is 0. The van der Waals surface area contributed by atoms with Crippen molar-refractivity contribution < 1.29 is 9.13 Å². The van der Waals surface area contributed by atoms with Crippen molar-refractivity contribution in [3.05, 3.63) is 41.6 Å². The van der Waals surface area contributed by atoms with Gasteiger partial charge in [-0.3, -0.25) is 0 Å². The molecule has 69 valence electrons. The Morgan fingerprint density at radius 3 is 2.77 bits per heavy atom. The highest BCUT2D eigenvalue weighted by Gasteiger charge is 2.19. The molecular formula is C11H12FO. The van der Waals surface area contributed by atoms with E-state index in [9.17, 15) is 4.39 Å². The Morgan fingerprint density at radius 2 is 2.08 bits per heavy atom. The summed E-state index contributed by atoms with van der Waals surface area (Å²) in [6.45, 7) is 1.39. The summed E-state index contributed by atoms with van der Waals surface area (Å²) in [5, 5.41) is 0. The van der Waals surface area contributed by atoms with Crippen molar-refractivity contribution in [2.24, 2.45) is 0 Å². The lowest BCUT2D eigenvalue weighted by atomic mass is 9.93. The van der Waals surface area contributed by atoms with E-state index >= 15 is 0 Å². The lowest BCUT2D eigenvalue weighted by molar-refractivity contribution is 0.115. The van der Waals surface area contributed by atoms with Gasteiger partial charge in [0.2, 0.25) is 0 Å². The summed E-state index contributed by atoms with van der Waals surface area (Å²) in [5.41, 5.74) is 0.724. The van der Waals surface area contributed by atoms with Crippen LogP contribution >= 0.6 is 0 Å². The van der Waals surface area contributed by atoms with Gasteiger partial charge < -0.3 is 4.74 Å². The third-order valence-corrected chi connectivity index (χ3v) is 2.30. The van der Waals surface area contributed by atoms with E-state index in [0.29, 0.717) is 6.61 Å². The van der Waals surface area contributed by atoms with E-state index in [1.807, 2.05) is 12.1 Å². The normalized spacial score (nSPS) is 18.8. The number of hydrogen-bond acceptors (Lipinski definition) is 1. The molecular weight excluding hydrogens is 167 g/mol. The summed E-state index contributed by atoms with van der Waals surface area (Å²) in [4.78, 5) is 0. The smallest absolute Gasteiger partial charge is 0.127 e. The summed E-state index contributed by atoms with van der Waals surface area (Å²) in [6.07, 6.45) is 1.96. The van der Waals surface area contributed by atoms with E-state index < -0.39 is 0 Å². The molecule has 0 amide bonds. The molecule has 1 aliphatic heterocycles. The highest BCUT2D eigenvalue weighted by atomic mass is 19.1. The first kappa shape index (κ1) is 8.70. The van der Waals surface area contributed by atoms with E-state index in [2.05, 4.69) is 0 Å². The van der Waals surface area contributed by atoms with E-state index in [4.69, 9.17) is 4.74 Å². The molecule has 0 unspecified atom stereocenters. The zero-order valence-electron chi connectivity index (χ0n) is 7.42. The van der Waals surface area contributed by atoms with Crippen LogP contribution in [0.25, 0.3) is 0 Å². The van der Waals surface area contributed by atoms with Gasteiger partial charge in [0, 0.05) is 12.5 Å². The summed E-state index contributed by atoms with van der Waals surface area (Å²) in [6, 6.07) is 6.89. The van der Waals surface area contributed by atoms with Crippen LogP contribution in [0.15, 0.2) is 24.3 Å². The lowest BCUT2D eigenvalue weighted by Gasteiger charge is -2.21. The van der Waals surface area contributed by atoms with Crippen molar-refractivity contribution in [1.82, 2.24) is 0 Å². The Balaban J connectivity index is 2.18. The molecule has 2 heteroatoms. The SMILES string of the molecule is Fc1ccccc1[C]1CCCOC1. The summed E-state index contributed by atoms with van der Waals surface area (Å²) in [5.74, 6) is 0.951. The van der Waals surface area contributed by atoms with Crippen LogP contribution in [0.1, 0.15) is 18.4 Å². The van der Waals surface area contributed by atoms with Crippen LogP contribution in [0.2, 0.25) is 0 Å². The fourth-order valence-corrected chi connectivity index (χ4v) is 1.62. The topological polar surface area (TPSA) is 9.23 Å². The Hall–Kier alpha value is -0.890. The van der Waals surface area contributed by atoms with Gasteiger partial charge in [-0.05, 0) is 24.5 Å². The van der Waals surface area contributed by atoms with Crippen LogP contribution in [0.5, 0.6) is 0 Å². The summed E-state index contributed by atoms with van der Waals surface area (Å²) < 4.78 is 18.6. The second-order valence-corrected chi connectivity index (χ2v) is 3.24.